The Labute approximate surface area is 51.1 Å². The van der Waals surface area contributed by atoms with E-state index in [0.29, 0.717) is 0 Å². The fraction of sp³-hybridized carbons (Fsp3) is 0.667. The van der Waals surface area contributed by atoms with Crippen molar-refractivity contribution >= 4 is 15.0 Å². The Balaban J connectivity index is 2.32. The molecule has 1 unspecified atom stereocenters. The van der Waals surface area contributed by atoms with Crippen molar-refractivity contribution in [2.75, 3.05) is 0 Å². The maximum absolute atomic E-state index is 2.34. The molecule has 1 aliphatic rings. The van der Waals surface area contributed by atoms with Gasteiger partial charge in [0, 0.05) is 0 Å². The minimum absolute atomic E-state index is 0.925. The third kappa shape index (κ3) is 1.66. The van der Waals surface area contributed by atoms with Gasteiger partial charge in [-0.1, -0.05) is 0 Å². The van der Waals surface area contributed by atoms with Gasteiger partial charge in [-0.2, -0.15) is 0 Å². The SMILES string of the molecule is CC1CC=CC[Se]1. The molecule has 0 aliphatic carbocycles. The predicted molar refractivity (Wildman–Crippen MR) is 33.7 cm³/mol. The molecule has 0 nitrogen and oxygen atoms in total. The van der Waals surface area contributed by atoms with E-state index in [1.807, 2.05) is 0 Å². The molecule has 40 valence electrons. The van der Waals surface area contributed by atoms with Crippen LogP contribution in [-0.2, 0) is 0 Å². The van der Waals surface area contributed by atoms with Gasteiger partial charge in [-0.05, 0) is 0 Å². The summed E-state index contributed by atoms with van der Waals surface area (Å²) in [5, 5.41) is 1.37. The van der Waals surface area contributed by atoms with Crippen LogP contribution in [0.1, 0.15) is 13.3 Å². The molecule has 0 aromatic rings. The second kappa shape index (κ2) is 2.54. The Morgan fingerprint density at radius 3 is 2.71 bits per heavy atom. The summed E-state index contributed by atoms with van der Waals surface area (Å²) in [4.78, 5) is 1.01. The fourth-order valence-corrected chi connectivity index (χ4v) is 2.37. The summed E-state index contributed by atoms with van der Waals surface area (Å²) in [5.74, 6) is 0. The van der Waals surface area contributed by atoms with E-state index < -0.39 is 0 Å². The topological polar surface area (TPSA) is 0 Å². The minimum atomic E-state index is 0.925. The summed E-state index contributed by atoms with van der Waals surface area (Å²) in [6.07, 6.45) is 5.94. The Morgan fingerprint density at radius 1 is 1.57 bits per heavy atom. The van der Waals surface area contributed by atoms with Gasteiger partial charge >= 0.3 is 50.6 Å². The molecule has 1 aliphatic heterocycles. The first-order valence-corrected chi connectivity index (χ1v) is 4.86. The van der Waals surface area contributed by atoms with Crippen molar-refractivity contribution < 1.29 is 0 Å². The summed E-state index contributed by atoms with van der Waals surface area (Å²) in [6, 6.07) is 0. The number of rotatable bonds is 0. The van der Waals surface area contributed by atoms with Crippen molar-refractivity contribution in [2.24, 2.45) is 0 Å². The van der Waals surface area contributed by atoms with Crippen LogP contribution in [-0.4, -0.2) is 15.0 Å². The van der Waals surface area contributed by atoms with Gasteiger partial charge in [-0.3, -0.25) is 0 Å². The molecule has 1 heterocycles. The second-order valence-corrected chi connectivity index (χ2v) is 4.94. The molecule has 0 aromatic carbocycles. The molecule has 1 atom stereocenters. The first kappa shape index (κ1) is 5.40. The summed E-state index contributed by atoms with van der Waals surface area (Å²) < 4.78 is 0. The van der Waals surface area contributed by atoms with Crippen molar-refractivity contribution in [3.8, 4) is 0 Å². The number of allylic oxidation sites excluding steroid dienone is 2. The van der Waals surface area contributed by atoms with Gasteiger partial charge < -0.3 is 0 Å². The van der Waals surface area contributed by atoms with Crippen LogP contribution >= 0.6 is 0 Å². The van der Waals surface area contributed by atoms with Gasteiger partial charge in [0.05, 0.1) is 0 Å². The van der Waals surface area contributed by atoms with Crippen LogP contribution in [0.2, 0.25) is 10.1 Å². The monoisotopic (exact) mass is 162 g/mol. The van der Waals surface area contributed by atoms with E-state index in [9.17, 15) is 0 Å². The van der Waals surface area contributed by atoms with E-state index in [1.54, 1.807) is 0 Å². The molecule has 0 saturated heterocycles. The molecule has 0 aromatic heterocycles. The third-order valence-corrected chi connectivity index (χ3v) is 3.52. The molecule has 0 amide bonds. The molecule has 0 fully saturated rings. The summed E-state index contributed by atoms with van der Waals surface area (Å²) in [7, 11) is 0. The van der Waals surface area contributed by atoms with Crippen LogP contribution in [0.5, 0.6) is 0 Å². The average Bonchev–Trinajstić information content (AvgIpc) is 1.69. The summed E-state index contributed by atoms with van der Waals surface area (Å²) in [6.45, 7) is 2.34. The quantitative estimate of drug-likeness (QED) is 0.376. The van der Waals surface area contributed by atoms with Crippen LogP contribution in [0, 0.1) is 0 Å². The van der Waals surface area contributed by atoms with Crippen LogP contribution in [0.25, 0.3) is 0 Å². The van der Waals surface area contributed by atoms with E-state index >= 15 is 0 Å². The average molecular weight is 161 g/mol. The van der Waals surface area contributed by atoms with Crippen molar-refractivity contribution in [3.63, 3.8) is 0 Å². The van der Waals surface area contributed by atoms with Crippen LogP contribution in [0.3, 0.4) is 0 Å². The number of hydrogen-bond acceptors (Lipinski definition) is 0. The zero-order valence-corrected chi connectivity index (χ0v) is 6.27. The maximum atomic E-state index is 2.34. The molecule has 7 heavy (non-hydrogen) atoms. The van der Waals surface area contributed by atoms with Crippen LogP contribution in [0.15, 0.2) is 12.2 Å². The zero-order valence-electron chi connectivity index (χ0n) is 4.55. The first-order valence-electron chi connectivity index (χ1n) is 2.66. The van der Waals surface area contributed by atoms with Gasteiger partial charge in [0.2, 0.25) is 0 Å². The fourth-order valence-electron chi connectivity index (χ4n) is 0.644. The van der Waals surface area contributed by atoms with E-state index in [1.165, 1.54) is 11.7 Å². The standard InChI is InChI=1S/C6H10Se/c1-6-4-2-3-5-7-6/h2-3,6H,4-5H2,1H3. The predicted octanol–water partition coefficient (Wildman–Crippen LogP) is 1.88. The molecule has 0 bridgehead atoms. The molecule has 0 saturated carbocycles. The third-order valence-electron chi connectivity index (χ3n) is 1.11. The van der Waals surface area contributed by atoms with Gasteiger partial charge in [0.25, 0.3) is 0 Å². The van der Waals surface area contributed by atoms with E-state index in [4.69, 9.17) is 0 Å². The molecule has 1 heteroatoms. The van der Waals surface area contributed by atoms with Gasteiger partial charge in [-0.25, -0.2) is 0 Å². The molecule has 0 spiro atoms. The van der Waals surface area contributed by atoms with E-state index in [0.717, 1.165) is 19.8 Å². The van der Waals surface area contributed by atoms with Crippen molar-refractivity contribution in [2.45, 2.75) is 23.5 Å². The van der Waals surface area contributed by atoms with Crippen molar-refractivity contribution in [1.29, 1.82) is 0 Å². The molecule has 0 N–H and O–H groups in total. The summed E-state index contributed by atoms with van der Waals surface area (Å²) in [5.41, 5.74) is 0. The summed E-state index contributed by atoms with van der Waals surface area (Å²) >= 11 is 0.925. The van der Waals surface area contributed by atoms with Crippen LogP contribution < -0.4 is 0 Å². The Bertz CT molecular complexity index is 76.2. The zero-order chi connectivity index (χ0) is 5.11. The van der Waals surface area contributed by atoms with Crippen molar-refractivity contribution in [3.05, 3.63) is 12.2 Å². The Morgan fingerprint density at radius 2 is 2.43 bits per heavy atom. The molecule has 1 rings (SSSR count). The Hall–Kier alpha value is 0.259. The van der Waals surface area contributed by atoms with Gasteiger partial charge in [0.15, 0.2) is 0 Å². The van der Waals surface area contributed by atoms with E-state index in [-0.39, 0.29) is 0 Å². The normalized spacial score (nSPS) is 30.7. The van der Waals surface area contributed by atoms with Gasteiger partial charge in [0.1, 0.15) is 0 Å². The molecular weight excluding hydrogens is 151 g/mol. The van der Waals surface area contributed by atoms with E-state index in [2.05, 4.69) is 19.1 Å². The molecular formula is C6H10Se. The van der Waals surface area contributed by atoms with Crippen LogP contribution in [0.4, 0.5) is 0 Å². The van der Waals surface area contributed by atoms with Gasteiger partial charge in [-0.15, -0.1) is 0 Å². The first-order chi connectivity index (χ1) is 3.39. The van der Waals surface area contributed by atoms with Crippen molar-refractivity contribution in [1.82, 2.24) is 0 Å². The number of hydrogen-bond donors (Lipinski definition) is 0. The molecule has 0 radical (unpaired) electrons. The Kier molecular flexibility index (Phi) is 1.96. The second-order valence-electron chi connectivity index (χ2n) is 1.85.